The highest BCUT2D eigenvalue weighted by atomic mass is 35.5. The van der Waals surface area contributed by atoms with Crippen LogP contribution in [-0.2, 0) is 13.1 Å². The van der Waals surface area contributed by atoms with Gasteiger partial charge in [0.2, 0.25) is 4.80 Å². The monoisotopic (exact) mass is 331 g/mol. The third kappa shape index (κ3) is 2.45. The van der Waals surface area contributed by atoms with Crippen molar-refractivity contribution in [2.24, 2.45) is 4.99 Å². The van der Waals surface area contributed by atoms with Crippen molar-refractivity contribution in [1.82, 2.24) is 9.36 Å². The number of thiol groups is 1. The first-order valence-electron chi connectivity index (χ1n) is 6.10. The number of hydrogen-bond donors (Lipinski definition) is 1. The summed E-state index contributed by atoms with van der Waals surface area (Å²) in [5.41, 5.74) is 0.141. The summed E-state index contributed by atoms with van der Waals surface area (Å²) in [5.74, 6) is -0.524. The minimum Gasteiger partial charge on any atom is -0.256 e. The molecular weight excluding hydrogens is 321 g/mol. The lowest BCUT2D eigenvalue weighted by atomic mass is 10.3. The first-order valence-corrected chi connectivity index (χ1v) is 7.74. The lowest BCUT2D eigenvalue weighted by Crippen LogP contribution is -2.31. The average Bonchev–Trinajstić information content (AvgIpc) is 2.74. The Labute approximate surface area is 128 Å². The van der Waals surface area contributed by atoms with Gasteiger partial charge < -0.3 is 0 Å². The Morgan fingerprint density at radius 3 is 2.75 bits per heavy atom. The summed E-state index contributed by atoms with van der Waals surface area (Å²) < 4.78 is 17.3. The van der Waals surface area contributed by atoms with Crippen molar-refractivity contribution in [2.45, 2.75) is 30.8 Å². The Morgan fingerprint density at radius 1 is 1.30 bits per heavy atom. The average molecular weight is 332 g/mol. The van der Waals surface area contributed by atoms with Gasteiger partial charge in [0.1, 0.15) is 11.5 Å². The van der Waals surface area contributed by atoms with Gasteiger partial charge in [-0.2, -0.15) is 0 Å². The second-order valence-electron chi connectivity index (χ2n) is 4.47. The van der Waals surface area contributed by atoms with Crippen molar-refractivity contribution in [3.05, 3.63) is 37.4 Å². The summed E-state index contributed by atoms with van der Waals surface area (Å²) in [6.45, 7) is 1.41. The minimum atomic E-state index is -0.524. The Balaban J connectivity index is 2.19. The topological polar surface area (TPSA) is 39.3 Å². The third-order valence-electron chi connectivity index (χ3n) is 3.12. The maximum absolute atomic E-state index is 13.9. The summed E-state index contributed by atoms with van der Waals surface area (Å²) in [5, 5.41) is 0.240. The molecule has 0 spiro atoms. The summed E-state index contributed by atoms with van der Waals surface area (Å²) in [4.78, 5) is 17.0. The highest BCUT2D eigenvalue weighted by Gasteiger charge is 2.13. The molecule has 0 radical (unpaired) electrons. The number of rotatable bonds is 1. The molecule has 0 fully saturated rings. The van der Waals surface area contributed by atoms with E-state index in [0.29, 0.717) is 16.2 Å². The third-order valence-corrected chi connectivity index (χ3v) is 4.81. The van der Waals surface area contributed by atoms with Gasteiger partial charge in [0.25, 0.3) is 0 Å². The Bertz CT molecular complexity index is 793. The lowest BCUT2D eigenvalue weighted by Gasteiger charge is -2.15. The van der Waals surface area contributed by atoms with Gasteiger partial charge in [0.05, 0.1) is 5.02 Å². The second kappa shape index (κ2) is 5.38. The summed E-state index contributed by atoms with van der Waals surface area (Å²) >= 11 is 11.0. The van der Waals surface area contributed by atoms with Crippen LogP contribution in [0.15, 0.2) is 26.8 Å². The van der Waals surface area contributed by atoms with E-state index in [-0.39, 0.29) is 15.6 Å². The van der Waals surface area contributed by atoms with E-state index in [1.54, 1.807) is 4.68 Å². The van der Waals surface area contributed by atoms with Crippen LogP contribution >= 0.6 is 35.6 Å². The van der Waals surface area contributed by atoms with Gasteiger partial charge >= 0.3 is 4.87 Å². The largest absolute Gasteiger partial charge is 0.325 e. The fraction of sp³-hybridized carbons (Fsp3) is 0.333. The molecule has 0 bridgehead atoms. The van der Waals surface area contributed by atoms with Crippen LogP contribution in [0, 0.1) is 5.82 Å². The van der Waals surface area contributed by atoms with E-state index in [2.05, 4.69) is 17.6 Å². The highest BCUT2D eigenvalue weighted by molar-refractivity contribution is 7.80. The SMILES string of the molecule is O=c1sc(=Nc2cc(S)c(Cl)cc2F)n2n1CCCC2. The molecule has 2 aromatic rings. The first-order chi connectivity index (χ1) is 9.56. The number of halogens is 2. The van der Waals surface area contributed by atoms with E-state index in [9.17, 15) is 9.18 Å². The molecule has 106 valence electrons. The predicted octanol–water partition coefficient (Wildman–Crippen LogP) is 2.82. The highest BCUT2D eigenvalue weighted by Crippen LogP contribution is 2.28. The zero-order valence-corrected chi connectivity index (χ0v) is 12.8. The fourth-order valence-electron chi connectivity index (χ4n) is 2.13. The molecule has 0 atom stereocenters. The van der Waals surface area contributed by atoms with Gasteiger partial charge in [-0.3, -0.25) is 9.48 Å². The van der Waals surface area contributed by atoms with E-state index < -0.39 is 5.82 Å². The zero-order chi connectivity index (χ0) is 14.3. The second-order valence-corrected chi connectivity index (χ2v) is 6.28. The van der Waals surface area contributed by atoms with Crippen LogP contribution < -0.4 is 9.67 Å². The van der Waals surface area contributed by atoms with Crippen LogP contribution in [0.5, 0.6) is 0 Å². The molecule has 8 heteroatoms. The van der Waals surface area contributed by atoms with E-state index in [1.807, 2.05) is 4.68 Å². The van der Waals surface area contributed by atoms with Gasteiger partial charge in [-0.15, -0.1) is 12.6 Å². The Morgan fingerprint density at radius 2 is 2.00 bits per heavy atom. The van der Waals surface area contributed by atoms with Crippen LogP contribution in [0.2, 0.25) is 5.02 Å². The van der Waals surface area contributed by atoms with Crippen molar-refractivity contribution in [1.29, 1.82) is 0 Å². The number of fused-ring (bicyclic) bond motifs is 1. The quantitative estimate of drug-likeness (QED) is 0.802. The summed E-state index contributed by atoms with van der Waals surface area (Å²) in [6, 6.07) is 2.64. The van der Waals surface area contributed by atoms with E-state index in [0.717, 1.165) is 30.7 Å². The molecule has 0 aliphatic carbocycles. The smallest absolute Gasteiger partial charge is 0.256 e. The van der Waals surface area contributed by atoms with Crippen LogP contribution in [-0.4, -0.2) is 9.36 Å². The molecule has 0 saturated carbocycles. The number of hydrogen-bond acceptors (Lipinski definition) is 4. The van der Waals surface area contributed by atoms with Crippen LogP contribution in [0.4, 0.5) is 10.1 Å². The van der Waals surface area contributed by atoms with Gasteiger partial charge in [-0.1, -0.05) is 11.6 Å². The molecule has 0 amide bonds. The van der Waals surface area contributed by atoms with E-state index >= 15 is 0 Å². The molecule has 20 heavy (non-hydrogen) atoms. The molecule has 1 aromatic heterocycles. The van der Waals surface area contributed by atoms with Gasteiger partial charge in [0.15, 0.2) is 0 Å². The van der Waals surface area contributed by atoms with E-state index in [4.69, 9.17) is 11.6 Å². The van der Waals surface area contributed by atoms with Crippen molar-refractivity contribution in [2.75, 3.05) is 0 Å². The molecular formula is C12H11ClFN3OS2. The Hall–Kier alpha value is -1.05. The van der Waals surface area contributed by atoms with E-state index in [1.165, 1.54) is 12.1 Å². The maximum atomic E-state index is 13.9. The molecule has 4 nitrogen and oxygen atoms in total. The van der Waals surface area contributed by atoms with Crippen molar-refractivity contribution in [3.8, 4) is 0 Å². The zero-order valence-electron chi connectivity index (χ0n) is 10.3. The van der Waals surface area contributed by atoms with Crippen molar-refractivity contribution >= 4 is 41.3 Å². The molecule has 2 heterocycles. The predicted molar refractivity (Wildman–Crippen MR) is 79.7 cm³/mol. The van der Waals surface area contributed by atoms with Crippen molar-refractivity contribution in [3.63, 3.8) is 0 Å². The molecule has 1 aliphatic rings. The van der Waals surface area contributed by atoms with Crippen LogP contribution in [0.3, 0.4) is 0 Å². The lowest BCUT2D eigenvalue weighted by molar-refractivity contribution is 0.345. The molecule has 1 aromatic carbocycles. The summed E-state index contributed by atoms with van der Waals surface area (Å²) in [7, 11) is 0. The van der Waals surface area contributed by atoms with Crippen LogP contribution in [0.1, 0.15) is 12.8 Å². The summed E-state index contributed by atoms with van der Waals surface area (Å²) in [6.07, 6.45) is 1.97. The molecule has 1 aliphatic heterocycles. The maximum Gasteiger partial charge on any atom is 0.325 e. The molecule has 0 unspecified atom stereocenters. The number of aromatic nitrogens is 2. The van der Waals surface area contributed by atoms with Crippen LogP contribution in [0.25, 0.3) is 0 Å². The van der Waals surface area contributed by atoms with Crippen molar-refractivity contribution < 1.29 is 4.39 Å². The van der Waals surface area contributed by atoms with Gasteiger partial charge in [-0.25, -0.2) is 14.1 Å². The number of nitrogens with zero attached hydrogens (tertiary/aromatic N) is 3. The van der Waals surface area contributed by atoms with Gasteiger partial charge in [0, 0.05) is 18.0 Å². The minimum absolute atomic E-state index is 0.0658. The molecule has 0 saturated heterocycles. The molecule has 0 N–H and O–H groups in total. The molecule has 3 rings (SSSR count). The van der Waals surface area contributed by atoms with Gasteiger partial charge in [-0.05, 0) is 36.3 Å². The first kappa shape index (κ1) is 13.9. The Kier molecular flexibility index (Phi) is 3.74. The standard InChI is InChI=1S/C12H11ClFN3OS2/c13-7-5-8(14)9(6-10(7)19)15-11-16-3-1-2-4-17(16)12(18)20-11/h5-6,19H,1-4H2. The normalized spacial score (nSPS) is 15.4. The number of benzene rings is 1. The fourth-order valence-corrected chi connectivity index (χ4v) is 3.36.